The van der Waals surface area contributed by atoms with Gasteiger partial charge in [-0.3, -0.25) is 16.0 Å². The van der Waals surface area contributed by atoms with Gasteiger partial charge in [0.2, 0.25) is 0 Å². The number of nitrogens with two attached hydrogens (primary N) is 1. The summed E-state index contributed by atoms with van der Waals surface area (Å²) < 4.78 is 2.04. The van der Waals surface area contributed by atoms with Crippen molar-refractivity contribution >= 4 is 11.3 Å². The molecule has 0 spiro atoms. The normalized spacial score (nSPS) is 12.9. The first-order valence-electron chi connectivity index (χ1n) is 6.19. The Morgan fingerprint density at radius 1 is 1.44 bits per heavy atom. The first-order chi connectivity index (χ1) is 8.63. The monoisotopic (exact) mass is 264 g/mol. The van der Waals surface area contributed by atoms with Gasteiger partial charge in [0.25, 0.3) is 0 Å². The van der Waals surface area contributed by atoms with Gasteiger partial charge in [0.15, 0.2) is 0 Å². The lowest BCUT2D eigenvalue weighted by molar-refractivity contribution is 0.523. The second-order valence-corrected chi connectivity index (χ2v) is 5.78. The molecule has 0 amide bonds. The molecular weight excluding hydrogens is 244 g/mol. The van der Waals surface area contributed by atoms with Crippen molar-refractivity contribution in [2.45, 2.75) is 39.8 Å². The molecule has 3 N–H and O–H groups in total. The lowest BCUT2D eigenvalue weighted by Crippen LogP contribution is -2.29. The minimum Gasteiger partial charge on any atom is -0.271 e. The van der Waals surface area contributed by atoms with Crippen LogP contribution in [0.5, 0.6) is 0 Å². The zero-order chi connectivity index (χ0) is 13.1. The van der Waals surface area contributed by atoms with Crippen LogP contribution in [0.25, 0.3) is 0 Å². The van der Waals surface area contributed by atoms with Gasteiger partial charge in [0, 0.05) is 28.4 Å². The zero-order valence-electron chi connectivity index (χ0n) is 11.1. The fourth-order valence-corrected chi connectivity index (χ4v) is 3.07. The van der Waals surface area contributed by atoms with Crippen LogP contribution in [-0.2, 0) is 13.0 Å². The number of nitrogens with one attached hydrogen (secondary N) is 1. The molecule has 1 atom stereocenters. The van der Waals surface area contributed by atoms with Crippen LogP contribution < -0.4 is 11.3 Å². The van der Waals surface area contributed by atoms with Crippen molar-refractivity contribution < 1.29 is 0 Å². The zero-order valence-corrected chi connectivity index (χ0v) is 11.9. The maximum atomic E-state index is 5.69. The average molecular weight is 264 g/mol. The van der Waals surface area contributed by atoms with Gasteiger partial charge in [-0.05, 0) is 39.0 Å². The molecule has 0 aliphatic rings. The van der Waals surface area contributed by atoms with E-state index in [0.717, 1.165) is 18.7 Å². The van der Waals surface area contributed by atoms with Crippen LogP contribution in [0.1, 0.15) is 34.1 Å². The maximum absolute atomic E-state index is 5.69. The Bertz CT molecular complexity index is 515. The molecule has 2 aromatic heterocycles. The molecule has 0 aliphatic heterocycles. The minimum absolute atomic E-state index is 0.157. The summed E-state index contributed by atoms with van der Waals surface area (Å²) in [6.07, 6.45) is 0.866. The van der Waals surface area contributed by atoms with Crippen LogP contribution in [-0.4, -0.2) is 9.78 Å². The third-order valence-electron chi connectivity index (χ3n) is 3.00. The molecule has 0 saturated heterocycles. The number of aryl methyl sites for hydroxylation is 3. The molecule has 0 aromatic carbocycles. The summed E-state index contributed by atoms with van der Waals surface area (Å²) in [7, 11) is 0. The van der Waals surface area contributed by atoms with Crippen LogP contribution in [0.4, 0.5) is 0 Å². The molecule has 4 nitrogen and oxygen atoms in total. The number of hydrazine groups is 1. The van der Waals surface area contributed by atoms with Crippen molar-refractivity contribution in [1.82, 2.24) is 15.2 Å². The average Bonchev–Trinajstić information content (AvgIpc) is 2.92. The summed E-state index contributed by atoms with van der Waals surface area (Å²) in [5.41, 5.74) is 5.20. The highest BCUT2D eigenvalue weighted by molar-refractivity contribution is 7.12. The predicted octanol–water partition coefficient (Wildman–Crippen LogP) is 2.33. The van der Waals surface area contributed by atoms with Crippen molar-refractivity contribution in [3.8, 4) is 0 Å². The van der Waals surface area contributed by atoms with Crippen molar-refractivity contribution in [3.63, 3.8) is 0 Å². The van der Waals surface area contributed by atoms with Gasteiger partial charge in [0.05, 0.1) is 11.7 Å². The quantitative estimate of drug-likeness (QED) is 0.644. The second-order valence-electron chi connectivity index (χ2n) is 4.46. The molecular formula is C13H20N4S. The van der Waals surface area contributed by atoms with E-state index in [9.17, 15) is 0 Å². The van der Waals surface area contributed by atoms with Gasteiger partial charge >= 0.3 is 0 Å². The molecule has 18 heavy (non-hydrogen) atoms. The summed E-state index contributed by atoms with van der Waals surface area (Å²) >= 11 is 1.79. The molecule has 2 heterocycles. The SMILES string of the molecule is CCn1nc(C)cc1CC(NN)c1ccc(C)s1. The van der Waals surface area contributed by atoms with Crippen molar-refractivity contribution in [2.24, 2.45) is 5.84 Å². The third-order valence-corrected chi connectivity index (χ3v) is 4.12. The van der Waals surface area contributed by atoms with E-state index in [1.165, 1.54) is 15.4 Å². The molecule has 0 radical (unpaired) electrons. The maximum Gasteiger partial charge on any atom is 0.0608 e. The molecule has 0 fully saturated rings. The summed E-state index contributed by atoms with van der Waals surface area (Å²) in [5.74, 6) is 5.69. The number of hydrogen-bond donors (Lipinski definition) is 2. The molecule has 5 heteroatoms. The van der Waals surface area contributed by atoms with Crippen molar-refractivity contribution in [3.05, 3.63) is 39.3 Å². The van der Waals surface area contributed by atoms with E-state index in [0.29, 0.717) is 0 Å². The van der Waals surface area contributed by atoms with E-state index in [-0.39, 0.29) is 6.04 Å². The molecule has 0 saturated carbocycles. The Hall–Kier alpha value is -1.17. The van der Waals surface area contributed by atoms with E-state index in [1.807, 2.05) is 11.6 Å². The van der Waals surface area contributed by atoms with Gasteiger partial charge in [0.1, 0.15) is 0 Å². The van der Waals surface area contributed by atoms with E-state index in [2.05, 4.69) is 42.6 Å². The van der Waals surface area contributed by atoms with Crippen LogP contribution in [0.15, 0.2) is 18.2 Å². The van der Waals surface area contributed by atoms with Crippen LogP contribution in [0.3, 0.4) is 0 Å². The highest BCUT2D eigenvalue weighted by Gasteiger charge is 2.15. The Morgan fingerprint density at radius 2 is 2.22 bits per heavy atom. The number of thiophene rings is 1. The first kappa shape index (κ1) is 13.3. The summed E-state index contributed by atoms with van der Waals surface area (Å²) in [4.78, 5) is 2.59. The van der Waals surface area contributed by atoms with Gasteiger partial charge in [-0.25, -0.2) is 0 Å². The van der Waals surface area contributed by atoms with E-state index >= 15 is 0 Å². The first-order valence-corrected chi connectivity index (χ1v) is 7.01. The highest BCUT2D eigenvalue weighted by Crippen LogP contribution is 2.25. The minimum atomic E-state index is 0.157. The molecule has 2 rings (SSSR count). The number of hydrogen-bond acceptors (Lipinski definition) is 4. The lowest BCUT2D eigenvalue weighted by Gasteiger charge is -2.14. The fraction of sp³-hybridized carbons (Fsp3) is 0.462. The topological polar surface area (TPSA) is 55.9 Å². The van der Waals surface area contributed by atoms with Crippen molar-refractivity contribution in [2.75, 3.05) is 0 Å². The summed E-state index contributed by atoms with van der Waals surface area (Å²) in [6.45, 7) is 7.14. The Kier molecular flexibility index (Phi) is 4.16. The number of nitrogens with zero attached hydrogens (tertiary/aromatic N) is 2. The highest BCUT2D eigenvalue weighted by atomic mass is 32.1. The van der Waals surface area contributed by atoms with Gasteiger partial charge in [-0.15, -0.1) is 11.3 Å². The third kappa shape index (κ3) is 2.80. The molecule has 0 bridgehead atoms. The number of rotatable bonds is 5. The summed E-state index contributed by atoms with van der Waals surface area (Å²) in [5, 5.41) is 4.47. The van der Waals surface area contributed by atoms with Gasteiger partial charge < -0.3 is 0 Å². The Labute approximate surface area is 112 Å². The van der Waals surface area contributed by atoms with E-state index in [4.69, 9.17) is 5.84 Å². The largest absolute Gasteiger partial charge is 0.271 e. The van der Waals surface area contributed by atoms with Crippen LogP contribution in [0.2, 0.25) is 0 Å². The fourth-order valence-electron chi connectivity index (χ4n) is 2.13. The van der Waals surface area contributed by atoms with Crippen molar-refractivity contribution in [1.29, 1.82) is 0 Å². The summed E-state index contributed by atoms with van der Waals surface area (Å²) in [6, 6.07) is 6.57. The Morgan fingerprint density at radius 3 is 2.78 bits per heavy atom. The predicted molar refractivity (Wildman–Crippen MR) is 75.5 cm³/mol. The van der Waals surface area contributed by atoms with Crippen LogP contribution >= 0.6 is 11.3 Å². The Balaban J connectivity index is 2.19. The second kappa shape index (κ2) is 5.65. The molecule has 98 valence electrons. The smallest absolute Gasteiger partial charge is 0.0608 e. The lowest BCUT2D eigenvalue weighted by atomic mass is 10.1. The molecule has 1 unspecified atom stereocenters. The molecule has 2 aromatic rings. The van der Waals surface area contributed by atoms with E-state index < -0.39 is 0 Å². The molecule has 0 aliphatic carbocycles. The van der Waals surface area contributed by atoms with Gasteiger partial charge in [-0.2, -0.15) is 5.10 Å². The number of aromatic nitrogens is 2. The standard InChI is InChI=1S/C13H20N4S/c1-4-17-11(7-9(2)16-17)8-12(15-14)13-6-5-10(3)18-13/h5-7,12,15H,4,8,14H2,1-3H3. The van der Waals surface area contributed by atoms with E-state index in [1.54, 1.807) is 11.3 Å². The van der Waals surface area contributed by atoms with Crippen LogP contribution in [0, 0.1) is 13.8 Å². The van der Waals surface area contributed by atoms with Gasteiger partial charge in [-0.1, -0.05) is 0 Å².